The van der Waals surface area contributed by atoms with Crippen LogP contribution < -0.4 is 16.0 Å². The van der Waals surface area contributed by atoms with Crippen molar-refractivity contribution in [1.82, 2.24) is 25.8 Å². The Hall–Kier alpha value is -3.55. The normalized spacial score (nSPS) is 26.9. The molecule has 4 bridgehead atoms. The SMILES string of the molecule is CC[C@H](C)[C@@H]([C@@H](CC(=O)N1CCC[C@H]1[C@H](OC)[C@@H](C)C(=O)N[C@@H](Cc1ccccc1)C(=O)OC12CC3CC(CC(C3)C1)C2)OC)N(C)C(=O)[C@@H](NC(=O)[C@@H](NC)C(C)C)C(C)C. The fourth-order valence-corrected chi connectivity index (χ4v) is 11.8. The third kappa shape index (κ3) is 11.6. The molecule has 0 aromatic heterocycles. The number of nitrogens with zero attached hydrogens (tertiary/aromatic N) is 2. The average molecular weight is 866 g/mol. The Balaban J connectivity index is 1.28. The lowest BCUT2D eigenvalue weighted by Crippen LogP contribution is -2.59. The van der Waals surface area contributed by atoms with Crippen LogP contribution in [0.5, 0.6) is 0 Å². The molecular weight excluding hydrogens is 787 g/mol. The van der Waals surface area contributed by atoms with E-state index in [4.69, 9.17) is 14.2 Å². The van der Waals surface area contributed by atoms with Gasteiger partial charge in [-0.05, 0) is 99.5 Å². The molecule has 1 aromatic rings. The van der Waals surface area contributed by atoms with Gasteiger partial charge in [0.2, 0.25) is 23.6 Å². The zero-order chi connectivity index (χ0) is 45.5. The van der Waals surface area contributed by atoms with Crippen LogP contribution in [0.3, 0.4) is 0 Å². The van der Waals surface area contributed by atoms with E-state index in [1.54, 1.807) is 40.1 Å². The zero-order valence-electron chi connectivity index (χ0n) is 39.6. The number of esters is 1. The molecule has 1 saturated heterocycles. The molecule has 0 spiro atoms. The first kappa shape index (κ1) is 49.5. The molecule has 0 radical (unpaired) electrons. The minimum Gasteiger partial charge on any atom is -0.458 e. The topological polar surface area (TPSA) is 156 Å². The van der Waals surface area contributed by atoms with Crippen molar-refractivity contribution in [2.45, 2.75) is 167 Å². The molecule has 4 amide bonds. The lowest BCUT2D eigenvalue weighted by Gasteiger charge is -2.55. The summed E-state index contributed by atoms with van der Waals surface area (Å²) < 4.78 is 18.6. The molecule has 13 nitrogen and oxygen atoms in total. The molecule has 4 aliphatic carbocycles. The Morgan fingerprint density at radius 3 is 1.95 bits per heavy atom. The molecule has 3 N–H and O–H groups in total. The average Bonchev–Trinajstić information content (AvgIpc) is 3.71. The predicted molar refractivity (Wildman–Crippen MR) is 240 cm³/mol. The van der Waals surface area contributed by atoms with Crippen molar-refractivity contribution in [2.24, 2.45) is 41.4 Å². The van der Waals surface area contributed by atoms with E-state index in [9.17, 15) is 24.0 Å². The molecule has 4 saturated carbocycles. The fourth-order valence-electron chi connectivity index (χ4n) is 11.8. The third-order valence-corrected chi connectivity index (χ3v) is 14.9. The summed E-state index contributed by atoms with van der Waals surface area (Å²) in [5.74, 6) is -0.389. The maximum Gasteiger partial charge on any atom is 0.329 e. The van der Waals surface area contributed by atoms with Crippen molar-refractivity contribution in [2.75, 3.05) is 34.9 Å². The summed E-state index contributed by atoms with van der Waals surface area (Å²) in [4.78, 5) is 73.9. The number of ether oxygens (including phenoxy) is 3. The Labute approximate surface area is 371 Å². The van der Waals surface area contributed by atoms with Crippen LogP contribution in [0.4, 0.5) is 0 Å². The number of amides is 4. The Morgan fingerprint density at radius 1 is 0.839 bits per heavy atom. The van der Waals surface area contributed by atoms with Crippen LogP contribution in [0, 0.1) is 41.4 Å². The smallest absolute Gasteiger partial charge is 0.329 e. The van der Waals surface area contributed by atoms with Gasteiger partial charge in [0.1, 0.15) is 17.7 Å². The Morgan fingerprint density at radius 2 is 1.44 bits per heavy atom. The number of likely N-dealkylation sites (tertiary alicyclic amines) is 1. The first-order chi connectivity index (χ1) is 29.5. The minimum atomic E-state index is -0.873. The largest absolute Gasteiger partial charge is 0.458 e. The zero-order valence-corrected chi connectivity index (χ0v) is 39.6. The summed E-state index contributed by atoms with van der Waals surface area (Å²) in [5, 5.41) is 9.16. The third-order valence-electron chi connectivity index (χ3n) is 14.9. The van der Waals surface area contributed by atoms with Crippen molar-refractivity contribution in [3.05, 3.63) is 35.9 Å². The molecule has 1 aliphatic heterocycles. The van der Waals surface area contributed by atoms with E-state index in [1.165, 1.54) is 19.3 Å². The summed E-state index contributed by atoms with van der Waals surface area (Å²) in [5.41, 5.74) is 0.486. The van der Waals surface area contributed by atoms with Gasteiger partial charge < -0.3 is 40.0 Å². The van der Waals surface area contributed by atoms with Gasteiger partial charge >= 0.3 is 5.97 Å². The van der Waals surface area contributed by atoms with Crippen LogP contribution >= 0.6 is 0 Å². The molecular formula is C49H79N5O8. The molecule has 9 atom stereocenters. The maximum atomic E-state index is 14.4. The number of benzene rings is 1. The summed E-state index contributed by atoms with van der Waals surface area (Å²) in [6.07, 6.45) is 7.57. The van der Waals surface area contributed by atoms with Crippen LogP contribution in [0.1, 0.15) is 118 Å². The van der Waals surface area contributed by atoms with Gasteiger partial charge in [0, 0.05) is 34.2 Å². The maximum absolute atomic E-state index is 14.4. The molecule has 6 rings (SSSR count). The fraction of sp³-hybridized carbons (Fsp3) is 0.776. The summed E-state index contributed by atoms with van der Waals surface area (Å²) in [6.45, 7) is 14.1. The molecule has 5 fully saturated rings. The number of hydrogen-bond donors (Lipinski definition) is 3. The standard InChI is InChI=1S/C49H79N5O8/c1-12-31(6)43(53(9)47(58)42(30(4)5)52-46(57)41(50-8)29(2)3)39(60-10)25-40(55)54-20-16-19-38(54)44(61-11)32(7)45(56)51-37(24-33-17-14-13-15-18-33)48(59)62-49-26-34-21-35(27-49)23-36(22-34)28-49/h13-15,17-18,29-32,34-39,41-44,50H,12,16,19-28H2,1-11H3,(H,51,56)(H,52,57)/t31-,32+,34?,35?,36?,37-,38-,39+,41-,42-,43-,44+,49?/m0/s1. The van der Waals surface area contributed by atoms with E-state index >= 15 is 0 Å². The van der Waals surface area contributed by atoms with E-state index in [0.29, 0.717) is 37.1 Å². The monoisotopic (exact) mass is 866 g/mol. The van der Waals surface area contributed by atoms with Gasteiger partial charge in [0.25, 0.3) is 0 Å². The number of carbonyl (C=O) groups excluding carboxylic acids is 5. The number of carbonyl (C=O) groups is 5. The van der Waals surface area contributed by atoms with Gasteiger partial charge in [0.05, 0.1) is 42.7 Å². The molecule has 1 heterocycles. The molecule has 62 heavy (non-hydrogen) atoms. The Kier molecular flexibility index (Phi) is 17.5. The van der Waals surface area contributed by atoms with Gasteiger partial charge in [-0.2, -0.15) is 0 Å². The van der Waals surface area contributed by atoms with Crippen LogP contribution in [0.15, 0.2) is 30.3 Å². The number of likely N-dealkylation sites (N-methyl/N-ethyl adjacent to an activating group) is 2. The van der Waals surface area contributed by atoms with E-state index < -0.39 is 47.9 Å². The lowest BCUT2D eigenvalue weighted by molar-refractivity contribution is -0.189. The van der Waals surface area contributed by atoms with Crippen LogP contribution in [0.2, 0.25) is 0 Å². The highest BCUT2D eigenvalue weighted by molar-refractivity contribution is 5.90. The minimum absolute atomic E-state index is 0.0137. The number of rotatable bonds is 22. The van der Waals surface area contributed by atoms with Gasteiger partial charge in [-0.25, -0.2) is 4.79 Å². The highest BCUT2D eigenvalue weighted by atomic mass is 16.6. The van der Waals surface area contributed by atoms with Gasteiger partial charge in [-0.3, -0.25) is 19.2 Å². The highest BCUT2D eigenvalue weighted by Crippen LogP contribution is 2.57. The van der Waals surface area contributed by atoms with E-state index in [1.807, 2.05) is 76.8 Å². The van der Waals surface area contributed by atoms with Crippen molar-refractivity contribution < 1.29 is 38.2 Å². The molecule has 1 aromatic carbocycles. The van der Waals surface area contributed by atoms with Crippen LogP contribution in [-0.4, -0.2) is 122 Å². The quantitative estimate of drug-likeness (QED) is 0.128. The van der Waals surface area contributed by atoms with E-state index in [0.717, 1.165) is 37.7 Å². The Bertz CT molecular complexity index is 1640. The van der Waals surface area contributed by atoms with Crippen molar-refractivity contribution in [1.29, 1.82) is 0 Å². The highest BCUT2D eigenvalue weighted by Gasteiger charge is 2.54. The molecule has 348 valence electrons. The summed E-state index contributed by atoms with van der Waals surface area (Å²) in [6, 6.07) is 6.76. The number of hydrogen-bond acceptors (Lipinski definition) is 9. The first-order valence-electron chi connectivity index (χ1n) is 23.6. The predicted octanol–water partition coefficient (Wildman–Crippen LogP) is 5.53. The van der Waals surface area contributed by atoms with Crippen LogP contribution in [-0.2, 0) is 44.6 Å². The summed E-state index contributed by atoms with van der Waals surface area (Å²) in [7, 11) is 6.61. The van der Waals surface area contributed by atoms with Gasteiger partial charge in [-0.15, -0.1) is 0 Å². The molecule has 5 aliphatic rings. The second-order valence-electron chi connectivity index (χ2n) is 20.1. The first-order valence-corrected chi connectivity index (χ1v) is 23.6. The van der Waals surface area contributed by atoms with Crippen molar-refractivity contribution in [3.8, 4) is 0 Å². The van der Waals surface area contributed by atoms with E-state index in [-0.39, 0.29) is 59.8 Å². The second kappa shape index (κ2) is 21.9. The van der Waals surface area contributed by atoms with E-state index in [2.05, 4.69) is 16.0 Å². The van der Waals surface area contributed by atoms with Crippen molar-refractivity contribution >= 4 is 29.6 Å². The number of methoxy groups -OCH3 is 2. The van der Waals surface area contributed by atoms with Crippen LogP contribution in [0.25, 0.3) is 0 Å². The van der Waals surface area contributed by atoms with Crippen molar-refractivity contribution in [3.63, 3.8) is 0 Å². The summed E-state index contributed by atoms with van der Waals surface area (Å²) >= 11 is 0. The molecule has 13 heteroatoms. The second-order valence-corrected chi connectivity index (χ2v) is 20.1. The lowest BCUT2D eigenvalue weighted by atomic mass is 9.54. The number of nitrogens with one attached hydrogen (secondary N) is 3. The van der Waals surface area contributed by atoms with Gasteiger partial charge in [-0.1, -0.05) is 85.2 Å². The van der Waals surface area contributed by atoms with Gasteiger partial charge in [0.15, 0.2) is 0 Å². The molecule has 0 unspecified atom stereocenters.